The van der Waals surface area contributed by atoms with Crippen LogP contribution in [0.15, 0.2) is 0 Å². The van der Waals surface area contributed by atoms with Crippen molar-refractivity contribution in [2.45, 2.75) is 38.6 Å². The SMILES string of the molecule is CC(C)(N)CC(=O)N1CCCC(CNC(N)=O)C1. The van der Waals surface area contributed by atoms with Crippen LogP contribution in [-0.2, 0) is 4.79 Å². The largest absolute Gasteiger partial charge is 0.352 e. The van der Waals surface area contributed by atoms with Crippen molar-refractivity contribution in [1.29, 1.82) is 0 Å². The molecule has 3 amide bonds. The number of nitrogens with zero attached hydrogens (tertiary/aromatic N) is 1. The molecule has 5 N–H and O–H groups in total. The molecule has 6 nitrogen and oxygen atoms in total. The van der Waals surface area contributed by atoms with Crippen molar-refractivity contribution in [3.05, 3.63) is 0 Å². The normalized spacial score (nSPS) is 20.6. The number of hydrogen-bond donors (Lipinski definition) is 3. The number of carbonyl (C=O) groups excluding carboxylic acids is 2. The molecule has 0 aromatic rings. The van der Waals surface area contributed by atoms with Gasteiger partial charge in [0.15, 0.2) is 0 Å². The van der Waals surface area contributed by atoms with E-state index in [4.69, 9.17) is 11.5 Å². The third-order valence-corrected chi connectivity index (χ3v) is 3.04. The third kappa shape index (κ3) is 5.35. The second kappa shape index (κ2) is 6.04. The van der Waals surface area contributed by atoms with E-state index in [-0.39, 0.29) is 11.8 Å². The Morgan fingerprint density at radius 2 is 2.11 bits per heavy atom. The minimum atomic E-state index is -0.512. The second-order valence-corrected chi connectivity index (χ2v) is 5.76. The zero-order valence-electron chi connectivity index (χ0n) is 11.2. The molecule has 1 aliphatic heterocycles. The number of nitrogens with two attached hydrogens (primary N) is 2. The number of carbonyl (C=O) groups is 2. The summed E-state index contributed by atoms with van der Waals surface area (Å²) >= 11 is 0. The van der Waals surface area contributed by atoms with Crippen molar-refractivity contribution >= 4 is 11.9 Å². The highest BCUT2D eigenvalue weighted by Gasteiger charge is 2.26. The molecule has 0 radical (unpaired) electrons. The maximum Gasteiger partial charge on any atom is 0.312 e. The van der Waals surface area contributed by atoms with Gasteiger partial charge in [-0.2, -0.15) is 0 Å². The number of nitrogens with one attached hydrogen (secondary N) is 1. The van der Waals surface area contributed by atoms with E-state index in [0.717, 1.165) is 19.4 Å². The Kier molecular flexibility index (Phi) is 4.95. The van der Waals surface area contributed by atoms with Crippen LogP contribution in [0.1, 0.15) is 33.1 Å². The zero-order chi connectivity index (χ0) is 13.8. The van der Waals surface area contributed by atoms with E-state index < -0.39 is 11.6 Å². The van der Waals surface area contributed by atoms with Crippen LogP contribution in [-0.4, -0.2) is 42.0 Å². The van der Waals surface area contributed by atoms with Gasteiger partial charge in [-0.1, -0.05) is 0 Å². The van der Waals surface area contributed by atoms with Crippen LogP contribution in [0.4, 0.5) is 4.79 Å². The number of amides is 3. The first-order valence-electron chi connectivity index (χ1n) is 6.38. The van der Waals surface area contributed by atoms with Gasteiger partial charge in [0.1, 0.15) is 0 Å². The van der Waals surface area contributed by atoms with E-state index in [9.17, 15) is 9.59 Å². The molecule has 18 heavy (non-hydrogen) atoms. The highest BCUT2D eigenvalue weighted by Crippen LogP contribution is 2.18. The van der Waals surface area contributed by atoms with Gasteiger partial charge in [-0.15, -0.1) is 0 Å². The zero-order valence-corrected chi connectivity index (χ0v) is 11.2. The van der Waals surface area contributed by atoms with Crippen LogP contribution in [0.5, 0.6) is 0 Å². The molecule has 0 aliphatic carbocycles. The van der Waals surface area contributed by atoms with E-state index in [0.29, 0.717) is 19.5 Å². The van der Waals surface area contributed by atoms with E-state index in [1.54, 1.807) is 0 Å². The molecule has 1 aliphatic rings. The topological polar surface area (TPSA) is 101 Å². The molecule has 6 heteroatoms. The van der Waals surface area contributed by atoms with E-state index in [1.807, 2.05) is 18.7 Å². The van der Waals surface area contributed by atoms with Gasteiger partial charge >= 0.3 is 6.03 Å². The standard InChI is InChI=1S/C12H24N4O2/c1-12(2,14)6-10(17)16-5-3-4-9(8-16)7-15-11(13)18/h9H,3-8,14H2,1-2H3,(H3,13,15,18). The van der Waals surface area contributed by atoms with Crippen molar-refractivity contribution in [2.24, 2.45) is 17.4 Å². The van der Waals surface area contributed by atoms with Crippen molar-refractivity contribution in [3.63, 3.8) is 0 Å². The summed E-state index contributed by atoms with van der Waals surface area (Å²) in [6.07, 6.45) is 2.32. The molecule has 1 heterocycles. The molecule has 0 bridgehead atoms. The summed E-state index contributed by atoms with van der Waals surface area (Å²) in [6, 6.07) is -0.512. The average Bonchev–Trinajstić information content (AvgIpc) is 2.24. The Hall–Kier alpha value is -1.30. The minimum Gasteiger partial charge on any atom is -0.352 e. The van der Waals surface area contributed by atoms with Gasteiger partial charge in [-0.05, 0) is 32.6 Å². The smallest absolute Gasteiger partial charge is 0.312 e. The molecule has 0 spiro atoms. The fourth-order valence-corrected chi connectivity index (χ4v) is 2.20. The van der Waals surface area contributed by atoms with Gasteiger partial charge in [0.05, 0.1) is 0 Å². The van der Waals surface area contributed by atoms with E-state index in [2.05, 4.69) is 5.32 Å². The molecule has 1 atom stereocenters. The van der Waals surface area contributed by atoms with Gasteiger partial charge in [0.2, 0.25) is 5.91 Å². The highest BCUT2D eigenvalue weighted by molar-refractivity contribution is 5.77. The lowest BCUT2D eigenvalue weighted by Crippen LogP contribution is -2.47. The van der Waals surface area contributed by atoms with Gasteiger partial charge in [-0.3, -0.25) is 4.79 Å². The monoisotopic (exact) mass is 256 g/mol. The Morgan fingerprint density at radius 3 is 2.67 bits per heavy atom. The number of primary amides is 1. The Morgan fingerprint density at radius 1 is 1.44 bits per heavy atom. The molecular formula is C12H24N4O2. The molecule has 0 aromatic carbocycles. The van der Waals surface area contributed by atoms with E-state index in [1.165, 1.54) is 0 Å². The van der Waals surface area contributed by atoms with Crippen molar-refractivity contribution in [2.75, 3.05) is 19.6 Å². The van der Waals surface area contributed by atoms with Crippen molar-refractivity contribution < 1.29 is 9.59 Å². The molecule has 104 valence electrons. The summed E-state index contributed by atoms with van der Waals surface area (Å²) < 4.78 is 0. The summed E-state index contributed by atoms with van der Waals surface area (Å²) in [6.45, 7) is 5.68. The number of piperidine rings is 1. The quantitative estimate of drug-likeness (QED) is 0.661. The first kappa shape index (κ1) is 14.8. The van der Waals surface area contributed by atoms with Crippen LogP contribution in [0.3, 0.4) is 0 Å². The fourth-order valence-electron chi connectivity index (χ4n) is 2.20. The summed E-state index contributed by atoms with van der Waals surface area (Å²) in [4.78, 5) is 24.5. The van der Waals surface area contributed by atoms with Crippen LogP contribution in [0.25, 0.3) is 0 Å². The van der Waals surface area contributed by atoms with Crippen molar-refractivity contribution in [3.8, 4) is 0 Å². The summed E-state index contributed by atoms with van der Waals surface area (Å²) in [5.74, 6) is 0.377. The van der Waals surface area contributed by atoms with Gasteiger partial charge in [0, 0.05) is 31.6 Å². The maximum atomic E-state index is 12.0. The maximum absolute atomic E-state index is 12.0. The second-order valence-electron chi connectivity index (χ2n) is 5.76. The van der Waals surface area contributed by atoms with Crippen molar-refractivity contribution in [1.82, 2.24) is 10.2 Å². The predicted molar refractivity (Wildman–Crippen MR) is 69.8 cm³/mol. The molecule has 1 saturated heterocycles. The lowest BCUT2D eigenvalue weighted by molar-refractivity contribution is -0.134. The molecule has 0 aromatic heterocycles. The number of likely N-dealkylation sites (tertiary alicyclic amines) is 1. The van der Waals surface area contributed by atoms with Crippen LogP contribution in [0, 0.1) is 5.92 Å². The lowest BCUT2D eigenvalue weighted by atomic mass is 9.95. The van der Waals surface area contributed by atoms with Gasteiger partial charge < -0.3 is 21.7 Å². The minimum absolute atomic E-state index is 0.0891. The Balaban J connectivity index is 2.43. The Bertz CT molecular complexity index is 312. The summed E-state index contributed by atoms with van der Waals surface area (Å²) in [5.41, 5.74) is 10.4. The molecule has 1 unspecified atom stereocenters. The van der Waals surface area contributed by atoms with Gasteiger partial charge in [-0.25, -0.2) is 4.79 Å². The first-order chi connectivity index (χ1) is 8.28. The summed E-state index contributed by atoms with van der Waals surface area (Å²) in [5, 5.41) is 2.60. The molecular weight excluding hydrogens is 232 g/mol. The Labute approximate surface area is 108 Å². The van der Waals surface area contributed by atoms with E-state index >= 15 is 0 Å². The molecule has 1 fully saturated rings. The predicted octanol–water partition coefficient (Wildman–Crippen LogP) is 0.0207. The third-order valence-electron chi connectivity index (χ3n) is 3.04. The van der Waals surface area contributed by atoms with Gasteiger partial charge in [0.25, 0.3) is 0 Å². The summed E-state index contributed by atoms with van der Waals surface area (Å²) in [7, 11) is 0. The number of urea groups is 1. The molecule has 0 saturated carbocycles. The lowest BCUT2D eigenvalue weighted by Gasteiger charge is -2.34. The fraction of sp³-hybridized carbons (Fsp3) is 0.833. The first-order valence-corrected chi connectivity index (χ1v) is 6.38. The molecule has 1 rings (SSSR count). The van der Waals surface area contributed by atoms with Crippen LogP contribution >= 0.6 is 0 Å². The van der Waals surface area contributed by atoms with Crippen LogP contribution in [0.2, 0.25) is 0 Å². The number of rotatable bonds is 4. The average molecular weight is 256 g/mol. The number of hydrogen-bond acceptors (Lipinski definition) is 3. The highest BCUT2D eigenvalue weighted by atomic mass is 16.2. The van der Waals surface area contributed by atoms with Crippen LogP contribution < -0.4 is 16.8 Å².